The van der Waals surface area contributed by atoms with Gasteiger partial charge in [0.25, 0.3) is 0 Å². The molecule has 0 aliphatic carbocycles. The number of hydrogen-bond donors (Lipinski definition) is 1. The van der Waals surface area contributed by atoms with Gasteiger partial charge in [0.15, 0.2) is 10.8 Å². The van der Waals surface area contributed by atoms with Crippen LogP contribution in [0.2, 0.25) is 0 Å². The van der Waals surface area contributed by atoms with E-state index in [9.17, 15) is 13.2 Å². The molecule has 10 heteroatoms. The van der Waals surface area contributed by atoms with Crippen LogP contribution in [0.4, 0.5) is 18.3 Å². The summed E-state index contributed by atoms with van der Waals surface area (Å²) in [6.45, 7) is 1.68. The fourth-order valence-corrected chi connectivity index (χ4v) is 2.36. The topological polar surface area (TPSA) is 86.8 Å². The maximum absolute atomic E-state index is 12.8. The van der Waals surface area contributed by atoms with Gasteiger partial charge in [-0.15, -0.1) is 10.2 Å². The minimum atomic E-state index is -4.45. The van der Waals surface area contributed by atoms with Crippen LogP contribution >= 0.6 is 11.3 Å². The third-order valence-electron chi connectivity index (χ3n) is 2.93. The first-order chi connectivity index (χ1) is 11.3. The Morgan fingerprint density at radius 2 is 2.00 bits per heavy atom. The van der Waals surface area contributed by atoms with E-state index in [1.807, 2.05) is 0 Å². The number of nitrogens with zero attached hydrogens (tertiary/aromatic N) is 4. The summed E-state index contributed by atoms with van der Waals surface area (Å²) in [4.78, 5) is 8.28. The number of rotatable bonds is 3. The van der Waals surface area contributed by atoms with Crippen LogP contribution in [0.1, 0.15) is 11.1 Å². The average Bonchev–Trinajstić information content (AvgIpc) is 2.95. The zero-order valence-corrected chi connectivity index (χ0v) is 13.0. The van der Waals surface area contributed by atoms with Gasteiger partial charge in [0, 0.05) is 11.8 Å². The van der Waals surface area contributed by atoms with Gasteiger partial charge < -0.3 is 10.5 Å². The summed E-state index contributed by atoms with van der Waals surface area (Å²) in [5.74, 6) is 0.388. The normalized spacial score (nSPS) is 11.5. The van der Waals surface area contributed by atoms with E-state index in [4.69, 9.17) is 10.5 Å². The Labute approximate surface area is 138 Å². The van der Waals surface area contributed by atoms with Gasteiger partial charge in [0.1, 0.15) is 5.75 Å². The summed E-state index contributed by atoms with van der Waals surface area (Å²) in [6, 6.07) is 4.56. The van der Waals surface area contributed by atoms with Crippen LogP contribution in [0.25, 0.3) is 10.8 Å². The maximum Gasteiger partial charge on any atom is 0.416 e. The Bertz CT molecular complexity index is 881. The van der Waals surface area contributed by atoms with Crippen molar-refractivity contribution in [1.29, 1.82) is 0 Å². The summed E-state index contributed by atoms with van der Waals surface area (Å²) < 4.78 is 43.8. The number of aromatic nitrogens is 4. The third kappa shape index (κ3) is 3.43. The number of nitrogens with two attached hydrogens (primary N) is 1. The van der Waals surface area contributed by atoms with Crippen LogP contribution in [-0.4, -0.2) is 20.2 Å². The molecule has 124 valence electrons. The number of alkyl halides is 3. The summed E-state index contributed by atoms with van der Waals surface area (Å²) >= 11 is 1.09. The molecule has 1 aromatic carbocycles. The molecule has 0 atom stereocenters. The van der Waals surface area contributed by atoms with Crippen molar-refractivity contribution in [2.24, 2.45) is 0 Å². The van der Waals surface area contributed by atoms with Crippen molar-refractivity contribution in [2.75, 3.05) is 5.73 Å². The lowest BCUT2D eigenvalue weighted by molar-refractivity contribution is -0.137. The van der Waals surface area contributed by atoms with Gasteiger partial charge in [-0.1, -0.05) is 17.4 Å². The molecule has 0 fully saturated rings. The van der Waals surface area contributed by atoms with Crippen LogP contribution in [0, 0.1) is 6.92 Å². The van der Waals surface area contributed by atoms with Crippen molar-refractivity contribution in [3.05, 3.63) is 41.6 Å². The van der Waals surface area contributed by atoms with Gasteiger partial charge in [-0.3, -0.25) is 0 Å². The first-order valence-electron chi connectivity index (χ1n) is 6.61. The average molecular weight is 353 g/mol. The highest BCUT2D eigenvalue weighted by Crippen LogP contribution is 2.33. The zero-order chi connectivity index (χ0) is 17.3. The molecule has 2 aromatic heterocycles. The second-order valence-corrected chi connectivity index (χ2v) is 5.76. The third-order valence-corrected chi connectivity index (χ3v) is 3.68. The molecule has 0 aliphatic heterocycles. The molecule has 0 saturated carbocycles. The van der Waals surface area contributed by atoms with Crippen LogP contribution in [-0.2, 0) is 6.18 Å². The Balaban J connectivity index is 1.93. The van der Waals surface area contributed by atoms with Gasteiger partial charge in [0.2, 0.25) is 11.0 Å². The number of nitrogen functional groups attached to an aromatic ring is 1. The lowest BCUT2D eigenvalue weighted by Crippen LogP contribution is -2.04. The fraction of sp³-hybridized carbons (Fsp3) is 0.143. The van der Waals surface area contributed by atoms with Crippen LogP contribution < -0.4 is 10.5 Å². The number of halogens is 3. The van der Waals surface area contributed by atoms with Gasteiger partial charge in [0.05, 0.1) is 5.56 Å². The number of anilines is 1. The molecule has 6 nitrogen and oxygen atoms in total. The first kappa shape index (κ1) is 16.1. The second kappa shape index (κ2) is 6.04. The summed E-state index contributed by atoms with van der Waals surface area (Å²) in [7, 11) is 0. The van der Waals surface area contributed by atoms with Gasteiger partial charge in [-0.2, -0.15) is 18.2 Å². The van der Waals surface area contributed by atoms with E-state index in [0.717, 1.165) is 23.5 Å². The fourth-order valence-electron chi connectivity index (χ4n) is 1.81. The summed E-state index contributed by atoms with van der Waals surface area (Å²) in [5, 5.41) is 8.14. The number of aryl methyl sites for hydroxylation is 1. The molecule has 3 aromatic rings. The van der Waals surface area contributed by atoms with E-state index in [1.165, 1.54) is 18.3 Å². The van der Waals surface area contributed by atoms with Crippen molar-refractivity contribution in [3.8, 4) is 22.5 Å². The second-order valence-electron chi connectivity index (χ2n) is 4.75. The molecule has 0 spiro atoms. The van der Waals surface area contributed by atoms with Gasteiger partial charge >= 0.3 is 6.18 Å². The smallest absolute Gasteiger partial charge is 0.416 e. The van der Waals surface area contributed by atoms with E-state index in [2.05, 4.69) is 20.2 Å². The van der Waals surface area contributed by atoms with Crippen LogP contribution in [0.15, 0.2) is 30.5 Å². The van der Waals surface area contributed by atoms with Crippen LogP contribution in [0.5, 0.6) is 11.6 Å². The SMILES string of the molecule is Cc1cnc(-c2nnc(N)s2)nc1Oc1cccc(C(F)(F)F)c1. The predicted molar refractivity (Wildman–Crippen MR) is 81.6 cm³/mol. The molecule has 0 aliphatic rings. The lowest BCUT2D eigenvalue weighted by atomic mass is 10.2. The monoisotopic (exact) mass is 353 g/mol. The number of ether oxygens (including phenoxy) is 1. The highest BCUT2D eigenvalue weighted by Gasteiger charge is 2.30. The molecule has 2 N–H and O–H groups in total. The van der Waals surface area contributed by atoms with E-state index >= 15 is 0 Å². The molecule has 0 saturated heterocycles. The molecule has 0 radical (unpaired) electrons. The Morgan fingerprint density at radius 1 is 1.21 bits per heavy atom. The summed E-state index contributed by atoms with van der Waals surface area (Å²) in [6.07, 6.45) is -2.96. The Morgan fingerprint density at radius 3 is 2.67 bits per heavy atom. The van der Waals surface area contributed by atoms with Crippen molar-refractivity contribution >= 4 is 16.5 Å². The molecule has 2 heterocycles. The quantitative estimate of drug-likeness (QED) is 0.773. The standard InChI is InChI=1S/C14H10F3N5OS/c1-7-6-19-10(12-21-22-13(18)24-12)20-11(7)23-9-4-2-3-8(5-9)14(15,16)17/h2-6H,1H3,(H2,18,22). The van der Waals surface area contributed by atoms with E-state index < -0.39 is 11.7 Å². The van der Waals surface area contributed by atoms with Crippen molar-refractivity contribution in [2.45, 2.75) is 13.1 Å². The zero-order valence-electron chi connectivity index (χ0n) is 12.2. The predicted octanol–water partition coefficient (Wildman–Crippen LogP) is 3.70. The Kier molecular flexibility index (Phi) is 4.06. The Hall–Kier alpha value is -2.75. The van der Waals surface area contributed by atoms with Crippen molar-refractivity contribution in [3.63, 3.8) is 0 Å². The number of hydrogen-bond acceptors (Lipinski definition) is 7. The van der Waals surface area contributed by atoms with E-state index in [-0.39, 0.29) is 22.6 Å². The molecule has 24 heavy (non-hydrogen) atoms. The molecule has 0 unspecified atom stereocenters. The molecule has 0 amide bonds. The number of benzene rings is 1. The van der Waals surface area contributed by atoms with Crippen LogP contribution in [0.3, 0.4) is 0 Å². The molecular formula is C14H10F3N5OS. The van der Waals surface area contributed by atoms with Gasteiger partial charge in [-0.25, -0.2) is 4.98 Å². The molecular weight excluding hydrogens is 343 g/mol. The minimum Gasteiger partial charge on any atom is -0.439 e. The van der Waals surface area contributed by atoms with Crippen molar-refractivity contribution < 1.29 is 17.9 Å². The van der Waals surface area contributed by atoms with E-state index in [1.54, 1.807) is 6.92 Å². The summed E-state index contributed by atoms with van der Waals surface area (Å²) in [5.41, 5.74) is 5.28. The maximum atomic E-state index is 12.8. The van der Waals surface area contributed by atoms with Gasteiger partial charge in [-0.05, 0) is 25.1 Å². The minimum absolute atomic E-state index is 0.0225. The molecule has 0 bridgehead atoms. The lowest BCUT2D eigenvalue weighted by Gasteiger charge is -2.11. The van der Waals surface area contributed by atoms with Crippen molar-refractivity contribution in [1.82, 2.24) is 20.2 Å². The molecule has 3 rings (SSSR count). The highest BCUT2D eigenvalue weighted by atomic mass is 32.1. The first-order valence-corrected chi connectivity index (χ1v) is 7.42. The van der Waals surface area contributed by atoms with E-state index in [0.29, 0.717) is 10.6 Å². The largest absolute Gasteiger partial charge is 0.439 e. The highest BCUT2D eigenvalue weighted by molar-refractivity contribution is 7.18.